The van der Waals surface area contributed by atoms with E-state index in [1.54, 1.807) is 16.7 Å². The van der Waals surface area contributed by atoms with Gasteiger partial charge in [-0.3, -0.25) is 4.98 Å². The highest BCUT2D eigenvalue weighted by Gasteiger charge is 2.23. The van der Waals surface area contributed by atoms with Gasteiger partial charge in [0.15, 0.2) is 0 Å². The van der Waals surface area contributed by atoms with E-state index in [9.17, 15) is 8.42 Å². The van der Waals surface area contributed by atoms with Gasteiger partial charge in [0.2, 0.25) is 10.0 Å². The monoisotopic (exact) mass is 334 g/mol. The number of halogens is 1. The van der Waals surface area contributed by atoms with Crippen LogP contribution >= 0.6 is 15.9 Å². The number of rotatable bonds is 7. The van der Waals surface area contributed by atoms with Crippen LogP contribution in [-0.2, 0) is 16.4 Å². The maximum atomic E-state index is 12.2. The quantitative estimate of drug-likeness (QED) is 0.717. The Morgan fingerprint density at radius 1 is 1.33 bits per heavy atom. The Kier molecular flexibility index (Phi) is 6.25. The van der Waals surface area contributed by atoms with Crippen molar-refractivity contribution in [2.75, 3.05) is 17.6 Å². The first-order chi connectivity index (χ1) is 8.47. The number of pyridine rings is 1. The first-order valence-corrected chi connectivity index (χ1v) is 8.65. The van der Waals surface area contributed by atoms with Gasteiger partial charge in [0, 0.05) is 30.3 Å². The molecular formula is C12H19BrN2O2S. The Bertz CT molecular complexity index is 448. The molecule has 0 saturated carbocycles. The second kappa shape index (κ2) is 7.21. The summed E-state index contributed by atoms with van der Waals surface area (Å²) in [7, 11) is -3.20. The minimum Gasteiger partial charge on any atom is -0.265 e. The van der Waals surface area contributed by atoms with Gasteiger partial charge >= 0.3 is 0 Å². The van der Waals surface area contributed by atoms with Crippen LogP contribution in [0.2, 0.25) is 0 Å². The molecule has 0 unspecified atom stereocenters. The van der Waals surface area contributed by atoms with Crippen LogP contribution in [0.25, 0.3) is 0 Å². The molecule has 0 bridgehead atoms. The van der Waals surface area contributed by atoms with Gasteiger partial charge < -0.3 is 0 Å². The van der Waals surface area contributed by atoms with Crippen molar-refractivity contribution < 1.29 is 8.42 Å². The van der Waals surface area contributed by atoms with Gasteiger partial charge in [-0.05, 0) is 38.0 Å². The Labute approximate surface area is 118 Å². The van der Waals surface area contributed by atoms with Gasteiger partial charge in [-0.1, -0.05) is 15.9 Å². The second-order valence-electron chi connectivity index (χ2n) is 4.31. The minimum absolute atomic E-state index is 0.00927. The minimum atomic E-state index is -3.20. The van der Waals surface area contributed by atoms with Crippen LogP contribution in [0, 0.1) is 0 Å². The summed E-state index contributed by atoms with van der Waals surface area (Å²) in [5.41, 5.74) is 0.996. The molecular weight excluding hydrogens is 316 g/mol. The lowest BCUT2D eigenvalue weighted by Gasteiger charge is -2.25. The van der Waals surface area contributed by atoms with Crippen molar-refractivity contribution in [3.63, 3.8) is 0 Å². The first kappa shape index (κ1) is 15.6. The molecule has 0 atom stereocenters. The number of aryl methyl sites for hydroxylation is 1. The van der Waals surface area contributed by atoms with Gasteiger partial charge in [0.1, 0.15) is 0 Å². The molecule has 18 heavy (non-hydrogen) atoms. The normalized spacial score (nSPS) is 12.3. The van der Waals surface area contributed by atoms with Gasteiger partial charge in [-0.15, -0.1) is 0 Å². The van der Waals surface area contributed by atoms with Crippen molar-refractivity contribution in [2.45, 2.75) is 26.3 Å². The van der Waals surface area contributed by atoms with Gasteiger partial charge in [-0.2, -0.15) is 4.31 Å². The molecule has 0 aliphatic heterocycles. The lowest BCUT2D eigenvalue weighted by molar-refractivity contribution is 0.372. The SMILES string of the molecule is CC(C)N(CCBr)S(=O)(=O)CCc1ccncc1. The van der Waals surface area contributed by atoms with Crippen molar-refractivity contribution in [3.8, 4) is 0 Å². The van der Waals surface area contributed by atoms with Crippen LogP contribution in [0.15, 0.2) is 24.5 Å². The largest absolute Gasteiger partial charge is 0.265 e. The Morgan fingerprint density at radius 2 is 1.94 bits per heavy atom. The third-order valence-corrected chi connectivity index (χ3v) is 5.03. The molecule has 1 aromatic rings. The highest BCUT2D eigenvalue weighted by molar-refractivity contribution is 9.09. The van der Waals surface area contributed by atoms with E-state index in [4.69, 9.17) is 0 Å². The van der Waals surface area contributed by atoms with Crippen molar-refractivity contribution in [1.29, 1.82) is 0 Å². The molecule has 0 saturated heterocycles. The summed E-state index contributed by atoms with van der Waals surface area (Å²) >= 11 is 3.29. The molecule has 1 heterocycles. The predicted octanol–water partition coefficient (Wildman–Crippen LogP) is 2.06. The van der Waals surface area contributed by atoms with Crippen LogP contribution < -0.4 is 0 Å². The summed E-state index contributed by atoms with van der Waals surface area (Å²) < 4.78 is 26.0. The predicted molar refractivity (Wildman–Crippen MR) is 77.4 cm³/mol. The summed E-state index contributed by atoms with van der Waals surface area (Å²) in [5, 5.41) is 0.652. The van der Waals surface area contributed by atoms with Gasteiger partial charge in [0.05, 0.1) is 5.75 Å². The maximum Gasteiger partial charge on any atom is 0.214 e. The molecule has 1 aromatic heterocycles. The Hall–Kier alpha value is -0.460. The highest BCUT2D eigenvalue weighted by Crippen LogP contribution is 2.10. The summed E-state index contributed by atoms with van der Waals surface area (Å²) in [4.78, 5) is 3.92. The molecule has 6 heteroatoms. The standard InChI is InChI=1S/C12H19BrN2O2S/c1-11(2)15(9-6-13)18(16,17)10-5-12-3-7-14-8-4-12/h3-4,7-8,11H,5-6,9-10H2,1-2H3. The van der Waals surface area contributed by atoms with Crippen LogP contribution in [0.5, 0.6) is 0 Å². The molecule has 0 N–H and O–H groups in total. The zero-order chi connectivity index (χ0) is 13.6. The average Bonchev–Trinajstić information content (AvgIpc) is 2.34. The fourth-order valence-electron chi connectivity index (χ4n) is 1.72. The van der Waals surface area contributed by atoms with E-state index in [2.05, 4.69) is 20.9 Å². The zero-order valence-corrected chi connectivity index (χ0v) is 13.1. The summed E-state index contributed by atoms with van der Waals surface area (Å²) in [6, 6.07) is 3.68. The second-order valence-corrected chi connectivity index (χ2v) is 7.15. The van der Waals surface area contributed by atoms with Crippen molar-refractivity contribution >= 4 is 26.0 Å². The summed E-state index contributed by atoms with van der Waals surface area (Å²) in [6.45, 7) is 4.30. The van der Waals surface area contributed by atoms with Gasteiger partial charge in [-0.25, -0.2) is 8.42 Å². The number of nitrogens with zero attached hydrogens (tertiary/aromatic N) is 2. The smallest absolute Gasteiger partial charge is 0.214 e. The maximum absolute atomic E-state index is 12.2. The van der Waals surface area contributed by atoms with E-state index in [1.165, 1.54) is 0 Å². The Morgan fingerprint density at radius 3 is 2.44 bits per heavy atom. The first-order valence-electron chi connectivity index (χ1n) is 5.91. The topological polar surface area (TPSA) is 50.3 Å². The molecule has 0 aliphatic carbocycles. The fourth-order valence-corrected chi connectivity index (χ4v) is 4.07. The van der Waals surface area contributed by atoms with Crippen LogP contribution in [-0.4, -0.2) is 41.4 Å². The van der Waals surface area contributed by atoms with E-state index in [0.717, 1.165) is 5.56 Å². The molecule has 0 spiro atoms. The molecule has 4 nitrogen and oxygen atoms in total. The third-order valence-electron chi connectivity index (χ3n) is 2.64. The average molecular weight is 335 g/mol. The molecule has 0 aliphatic rings. The fraction of sp³-hybridized carbons (Fsp3) is 0.583. The van der Waals surface area contributed by atoms with Crippen LogP contribution in [0.4, 0.5) is 0 Å². The van der Waals surface area contributed by atoms with E-state index in [-0.39, 0.29) is 11.8 Å². The number of hydrogen-bond acceptors (Lipinski definition) is 3. The molecule has 0 aromatic carbocycles. The highest BCUT2D eigenvalue weighted by atomic mass is 79.9. The van der Waals surface area contributed by atoms with E-state index in [1.807, 2.05) is 26.0 Å². The number of alkyl halides is 1. The number of aromatic nitrogens is 1. The number of hydrogen-bond donors (Lipinski definition) is 0. The van der Waals surface area contributed by atoms with Crippen molar-refractivity contribution in [3.05, 3.63) is 30.1 Å². The lowest BCUT2D eigenvalue weighted by Crippen LogP contribution is -2.40. The van der Waals surface area contributed by atoms with Gasteiger partial charge in [0.25, 0.3) is 0 Å². The van der Waals surface area contributed by atoms with E-state index < -0.39 is 10.0 Å². The van der Waals surface area contributed by atoms with Crippen molar-refractivity contribution in [1.82, 2.24) is 9.29 Å². The summed E-state index contributed by atoms with van der Waals surface area (Å²) in [6.07, 6.45) is 3.89. The summed E-state index contributed by atoms with van der Waals surface area (Å²) in [5.74, 6) is 0.141. The van der Waals surface area contributed by atoms with E-state index >= 15 is 0 Å². The van der Waals surface area contributed by atoms with Crippen LogP contribution in [0.1, 0.15) is 19.4 Å². The zero-order valence-electron chi connectivity index (χ0n) is 10.7. The van der Waals surface area contributed by atoms with Crippen LogP contribution in [0.3, 0.4) is 0 Å². The Balaban J connectivity index is 2.68. The third kappa shape index (κ3) is 4.66. The molecule has 102 valence electrons. The number of sulfonamides is 1. The molecule has 0 radical (unpaired) electrons. The molecule has 0 amide bonds. The lowest BCUT2D eigenvalue weighted by atomic mass is 10.2. The molecule has 0 fully saturated rings. The van der Waals surface area contributed by atoms with E-state index in [0.29, 0.717) is 18.3 Å². The van der Waals surface area contributed by atoms with Crippen molar-refractivity contribution in [2.24, 2.45) is 0 Å². The molecule has 1 rings (SSSR count).